The lowest BCUT2D eigenvalue weighted by Crippen LogP contribution is -2.20. The zero-order valence-electron chi connectivity index (χ0n) is 14.1. The van der Waals surface area contributed by atoms with Crippen molar-refractivity contribution >= 4 is 34.1 Å². The number of H-pyrrole nitrogens is 1. The second-order valence-corrected chi connectivity index (χ2v) is 7.52. The number of carbonyl (C=O) groups is 1. The summed E-state index contributed by atoms with van der Waals surface area (Å²) in [5, 5.41) is 5.04. The van der Waals surface area contributed by atoms with Crippen LogP contribution in [0, 0.1) is 0 Å². The average Bonchev–Trinajstić information content (AvgIpc) is 3.13. The molecule has 0 bridgehead atoms. The molecule has 0 saturated carbocycles. The smallest absolute Gasteiger partial charge is 0.251 e. The average molecular weight is 387 g/mol. The lowest BCUT2D eigenvalue weighted by Gasteiger charge is -2.15. The fourth-order valence-corrected chi connectivity index (χ4v) is 3.94. The molecule has 1 unspecified atom stereocenters. The Morgan fingerprint density at radius 1 is 1.35 bits per heavy atom. The maximum atomic E-state index is 12.8. The molecule has 0 saturated heterocycles. The van der Waals surface area contributed by atoms with Crippen LogP contribution < -0.4 is 10.9 Å². The van der Waals surface area contributed by atoms with Gasteiger partial charge in [0.2, 0.25) is 5.91 Å². The second kappa shape index (κ2) is 8.77. The highest BCUT2D eigenvalue weighted by Crippen LogP contribution is 2.34. The molecule has 2 heterocycles. The molecule has 26 heavy (non-hydrogen) atoms. The number of anilines is 1. The summed E-state index contributed by atoms with van der Waals surface area (Å²) < 4.78 is 0. The Kier molecular flexibility index (Phi) is 6.19. The summed E-state index contributed by atoms with van der Waals surface area (Å²) >= 11 is 2.58. The van der Waals surface area contributed by atoms with E-state index in [-0.39, 0.29) is 11.5 Å². The van der Waals surface area contributed by atoms with Crippen LogP contribution in [0.3, 0.4) is 0 Å². The fraction of sp³-hybridized carbons (Fsp3) is 0.222. The summed E-state index contributed by atoms with van der Waals surface area (Å²) in [6, 6.07) is 10.9. The molecule has 0 aliphatic rings. The van der Waals surface area contributed by atoms with Crippen LogP contribution in [0.5, 0.6) is 0 Å². The third-order valence-corrected chi connectivity index (χ3v) is 5.34. The van der Waals surface area contributed by atoms with Gasteiger partial charge in [-0.05, 0) is 12.0 Å². The molecule has 0 spiro atoms. The van der Waals surface area contributed by atoms with Crippen molar-refractivity contribution in [2.24, 2.45) is 0 Å². The summed E-state index contributed by atoms with van der Waals surface area (Å²) in [6.07, 6.45) is 3.25. The molecular weight excluding hydrogens is 368 g/mol. The van der Waals surface area contributed by atoms with Crippen LogP contribution in [0.1, 0.15) is 29.9 Å². The molecule has 2 aromatic heterocycles. The van der Waals surface area contributed by atoms with Gasteiger partial charge in [0, 0.05) is 23.3 Å². The highest BCUT2D eigenvalue weighted by molar-refractivity contribution is 8.00. The number of nitrogens with one attached hydrogen (secondary N) is 2. The van der Waals surface area contributed by atoms with Gasteiger partial charge in [-0.3, -0.25) is 9.59 Å². The number of carbonyl (C=O) groups excluding carboxylic acids is 1. The van der Waals surface area contributed by atoms with E-state index in [0.717, 1.165) is 24.1 Å². The maximum absolute atomic E-state index is 12.8. The molecule has 1 atom stereocenters. The highest BCUT2D eigenvalue weighted by atomic mass is 32.2. The topological polar surface area (TPSA) is 87.7 Å². The quantitative estimate of drug-likeness (QED) is 0.478. The molecule has 8 heteroatoms. The first kappa shape index (κ1) is 18.3. The van der Waals surface area contributed by atoms with Gasteiger partial charge in [0.05, 0.1) is 0 Å². The Morgan fingerprint density at radius 2 is 2.15 bits per heavy atom. The van der Waals surface area contributed by atoms with Crippen molar-refractivity contribution < 1.29 is 4.79 Å². The van der Waals surface area contributed by atoms with Crippen LogP contribution in [0.4, 0.5) is 5.13 Å². The van der Waals surface area contributed by atoms with Gasteiger partial charge in [-0.2, -0.15) is 0 Å². The van der Waals surface area contributed by atoms with Gasteiger partial charge < -0.3 is 10.3 Å². The molecule has 2 N–H and O–H groups in total. The third-order valence-electron chi connectivity index (χ3n) is 3.51. The van der Waals surface area contributed by atoms with Crippen LogP contribution in [0.25, 0.3) is 0 Å². The summed E-state index contributed by atoms with van der Waals surface area (Å²) in [6.45, 7) is 2.03. The largest absolute Gasteiger partial charge is 0.301 e. The van der Waals surface area contributed by atoms with E-state index >= 15 is 0 Å². The minimum atomic E-state index is -0.555. The van der Waals surface area contributed by atoms with Gasteiger partial charge >= 0.3 is 0 Å². The molecule has 0 radical (unpaired) electrons. The second-order valence-electron chi connectivity index (χ2n) is 5.53. The van der Waals surface area contributed by atoms with Crippen LogP contribution in [-0.2, 0) is 11.2 Å². The van der Waals surface area contributed by atoms with Crippen molar-refractivity contribution in [3.63, 3.8) is 0 Å². The van der Waals surface area contributed by atoms with Gasteiger partial charge in [-0.15, -0.1) is 11.3 Å². The van der Waals surface area contributed by atoms with E-state index in [1.807, 2.05) is 37.3 Å². The number of rotatable bonds is 7. The molecule has 0 aliphatic heterocycles. The first-order valence-corrected chi connectivity index (χ1v) is 9.94. The molecule has 3 rings (SSSR count). The summed E-state index contributed by atoms with van der Waals surface area (Å²) in [5.41, 5.74) is 1.35. The molecule has 0 fully saturated rings. The van der Waals surface area contributed by atoms with E-state index in [1.54, 1.807) is 11.6 Å². The summed E-state index contributed by atoms with van der Waals surface area (Å²) in [4.78, 5) is 36.0. The first-order valence-electron chi connectivity index (χ1n) is 8.18. The van der Waals surface area contributed by atoms with Gasteiger partial charge in [-0.1, -0.05) is 55.4 Å². The van der Waals surface area contributed by atoms with E-state index in [0.29, 0.717) is 10.3 Å². The highest BCUT2D eigenvalue weighted by Gasteiger charge is 2.24. The number of thiazole rings is 1. The minimum absolute atomic E-state index is 0.209. The molecule has 0 aliphatic carbocycles. The number of aryl methyl sites for hydroxylation is 1. The predicted octanol–water partition coefficient (Wildman–Crippen LogP) is 3.65. The third kappa shape index (κ3) is 4.80. The van der Waals surface area contributed by atoms with Crippen molar-refractivity contribution in [3.05, 3.63) is 69.6 Å². The minimum Gasteiger partial charge on any atom is -0.301 e. The molecule has 1 aromatic carbocycles. The summed E-state index contributed by atoms with van der Waals surface area (Å²) in [5.74, 6) is -0.209. The Hall–Kier alpha value is -2.45. The van der Waals surface area contributed by atoms with Gasteiger partial charge in [0.1, 0.15) is 5.25 Å². The number of hydrogen-bond acceptors (Lipinski definition) is 6. The monoisotopic (exact) mass is 386 g/mol. The van der Waals surface area contributed by atoms with Crippen molar-refractivity contribution in [2.75, 3.05) is 5.32 Å². The predicted molar refractivity (Wildman–Crippen MR) is 105 cm³/mol. The van der Waals surface area contributed by atoms with Crippen LogP contribution in [0.15, 0.2) is 57.9 Å². The van der Waals surface area contributed by atoms with Crippen molar-refractivity contribution in [1.82, 2.24) is 15.0 Å². The normalized spacial score (nSPS) is 11.9. The first-order chi connectivity index (χ1) is 12.7. The zero-order valence-corrected chi connectivity index (χ0v) is 15.8. The van der Waals surface area contributed by atoms with Crippen molar-refractivity contribution in [3.8, 4) is 0 Å². The summed E-state index contributed by atoms with van der Waals surface area (Å²) in [7, 11) is 0. The van der Waals surface area contributed by atoms with Crippen LogP contribution in [-0.4, -0.2) is 20.9 Å². The maximum Gasteiger partial charge on any atom is 0.251 e. The molecule has 134 valence electrons. The van der Waals surface area contributed by atoms with Gasteiger partial charge in [0.25, 0.3) is 5.56 Å². The molecule has 6 nitrogen and oxygen atoms in total. The van der Waals surface area contributed by atoms with E-state index in [2.05, 4.69) is 20.3 Å². The number of aromatic amines is 1. The Morgan fingerprint density at radius 3 is 2.85 bits per heavy atom. The number of thioether (sulfide) groups is 1. The number of benzene rings is 1. The fourth-order valence-electron chi connectivity index (χ4n) is 2.39. The standard InChI is InChI=1S/C18H18N4O2S2/c1-2-6-13-11-14(23)21-18(20-13)26-15(12-7-4-3-5-8-12)16(24)22-17-19-9-10-25-17/h3-5,7-11,15H,2,6H2,1H3,(H,19,22,24)(H,20,21,23). The lowest BCUT2D eigenvalue weighted by molar-refractivity contribution is -0.115. The van der Waals surface area contributed by atoms with Crippen LogP contribution in [0.2, 0.25) is 0 Å². The van der Waals surface area contributed by atoms with E-state index in [4.69, 9.17) is 0 Å². The molecular formula is C18H18N4O2S2. The van der Waals surface area contributed by atoms with Crippen molar-refractivity contribution in [1.29, 1.82) is 0 Å². The number of aromatic nitrogens is 3. The van der Waals surface area contributed by atoms with Gasteiger partial charge in [0.15, 0.2) is 10.3 Å². The van der Waals surface area contributed by atoms with Crippen molar-refractivity contribution in [2.45, 2.75) is 30.2 Å². The number of nitrogens with zero attached hydrogens (tertiary/aromatic N) is 2. The Balaban J connectivity index is 1.89. The lowest BCUT2D eigenvalue weighted by atomic mass is 10.1. The molecule has 1 amide bonds. The van der Waals surface area contributed by atoms with Crippen LogP contribution >= 0.6 is 23.1 Å². The Bertz CT molecular complexity index is 910. The SMILES string of the molecule is CCCc1cc(=O)[nH]c(SC(C(=O)Nc2nccs2)c2ccccc2)n1. The molecule has 3 aromatic rings. The van der Waals surface area contributed by atoms with E-state index in [9.17, 15) is 9.59 Å². The van der Waals surface area contributed by atoms with E-state index < -0.39 is 5.25 Å². The number of amides is 1. The van der Waals surface area contributed by atoms with E-state index in [1.165, 1.54) is 29.2 Å². The van der Waals surface area contributed by atoms with Gasteiger partial charge in [-0.25, -0.2) is 9.97 Å². The Labute approximate surface area is 159 Å². The number of hydrogen-bond donors (Lipinski definition) is 2. The zero-order chi connectivity index (χ0) is 18.4.